The van der Waals surface area contributed by atoms with E-state index in [2.05, 4.69) is 10.2 Å². The molecular weight excluding hydrogens is 382 g/mol. The van der Waals surface area contributed by atoms with Gasteiger partial charge in [-0.15, -0.1) is 0 Å². The predicted molar refractivity (Wildman–Crippen MR) is 107 cm³/mol. The number of nitrogens with zero attached hydrogens (tertiary/aromatic N) is 2. The molecule has 0 aliphatic carbocycles. The first kappa shape index (κ1) is 20.3. The van der Waals surface area contributed by atoms with Crippen LogP contribution in [0.15, 0.2) is 42.5 Å². The van der Waals surface area contributed by atoms with Crippen molar-refractivity contribution in [2.75, 3.05) is 32.8 Å². The number of ether oxygens (including phenoxy) is 1. The van der Waals surface area contributed by atoms with Crippen LogP contribution in [-0.2, 0) is 4.74 Å². The number of nitro benzene ring substituents is 1. The zero-order valence-corrected chi connectivity index (χ0v) is 16.3. The zero-order chi connectivity index (χ0) is 20.1. The summed E-state index contributed by atoms with van der Waals surface area (Å²) in [5.41, 5.74) is 1.75. The minimum atomic E-state index is -0.594. The van der Waals surface area contributed by atoms with Crippen LogP contribution in [0, 0.1) is 17.0 Å². The first-order chi connectivity index (χ1) is 13.4. The molecular formula is C20H22ClN3O4. The smallest absolute Gasteiger partial charge is 0.283 e. The van der Waals surface area contributed by atoms with Crippen LogP contribution in [0.3, 0.4) is 0 Å². The molecule has 1 aliphatic rings. The van der Waals surface area contributed by atoms with Gasteiger partial charge < -0.3 is 10.1 Å². The van der Waals surface area contributed by atoms with Crippen molar-refractivity contribution >= 4 is 23.2 Å². The lowest BCUT2D eigenvalue weighted by Gasteiger charge is -2.31. The SMILES string of the molecule is Cc1ccc(C(CN2CCOCC2)NC(=O)c2ccc(Cl)cc2[N+](=O)[O-])cc1. The fourth-order valence-electron chi connectivity index (χ4n) is 3.16. The van der Waals surface area contributed by atoms with Gasteiger partial charge in [-0.3, -0.25) is 19.8 Å². The van der Waals surface area contributed by atoms with Crippen molar-refractivity contribution in [2.24, 2.45) is 0 Å². The number of benzene rings is 2. The Kier molecular flexibility index (Phi) is 6.61. The largest absolute Gasteiger partial charge is 0.379 e. The lowest BCUT2D eigenvalue weighted by molar-refractivity contribution is -0.385. The summed E-state index contributed by atoms with van der Waals surface area (Å²) in [5, 5.41) is 14.5. The molecule has 0 saturated carbocycles. The molecule has 1 amide bonds. The van der Waals surface area contributed by atoms with Crippen molar-refractivity contribution in [3.8, 4) is 0 Å². The number of rotatable bonds is 6. The van der Waals surface area contributed by atoms with Gasteiger partial charge in [0.1, 0.15) is 5.56 Å². The average Bonchev–Trinajstić information content (AvgIpc) is 2.68. The van der Waals surface area contributed by atoms with E-state index in [1.807, 2.05) is 31.2 Å². The Morgan fingerprint density at radius 2 is 1.93 bits per heavy atom. The molecule has 0 aromatic heterocycles. The van der Waals surface area contributed by atoms with Crippen LogP contribution >= 0.6 is 11.6 Å². The highest BCUT2D eigenvalue weighted by Crippen LogP contribution is 2.24. The molecule has 28 heavy (non-hydrogen) atoms. The van der Waals surface area contributed by atoms with Crippen molar-refractivity contribution in [1.82, 2.24) is 10.2 Å². The summed E-state index contributed by atoms with van der Waals surface area (Å²) < 4.78 is 5.39. The lowest BCUT2D eigenvalue weighted by atomic mass is 10.0. The number of carbonyl (C=O) groups excluding carboxylic acids is 1. The van der Waals surface area contributed by atoms with Crippen LogP contribution in [0.5, 0.6) is 0 Å². The highest BCUT2D eigenvalue weighted by atomic mass is 35.5. The van der Waals surface area contributed by atoms with Crippen LogP contribution in [0.2, 0.25) is 5.02 Å². The average molecular weight is 404 g/mol. The first-order valence-electron chi connectivity index (χ1n) is 9.05. The van der Waals surface area contributed by atoms with E-state index in [1.165, 1.54) is 18.2 Å². The van der Waals surface area contributed by atoms with E-state index >= 15 is 0 Å². The van der Waals surface area contributed by atoms with Gasteiger partial charge in [0.2, 0.25) is 0 Å². The number of hydrogen-bond donors (Lipinski definition) is 1. The van der Waals surface area contributed by atoms with Crippen molar-refractivity contribution < 1.29 is 14.5 Å². The quantitative estimate of drug-likeness (QED) is 0.590. The minimum absolute atomic E-state index is 0.00603. The number of morpholine rings is 1. The molecule has 1 saturated heterocycles. The summed E-state index contributed by atoms with van der Waals surface area (Å²) >= 11 is 5.86. The third kappa shape index (κ3) is 5.07. The van der Waals surface area contributed by atoms with Gasteiger partial charge in [0.15, 0.2) is 0 Å². The topological polar surface area (TPSA) is 84.7 Å². The molecule has 1 atom stereocenters. The van der Waals surface area contributed by atoms with Crippen LogP contribution in [0.25, 0.3) is 0 Å². The van der Waals surface area contributed by atoms with Gasteiger partial charge in [-0.25, -0.2) is 0 Å². The maximum atomic E-state index is 12.9. The molecule has 0 bridgehead atoms. The van der Waals surface area contributed by atoms with Gasteiger partial charge in [0.05, 0.1) is 24.2 Å². The van der Waals surface area contributed by atoms with Crippen LogP contribution in [-0.4, -0.2) is 48.6 Å². The number of hydrogen-bond acceptors (Lipinski definition) is 5. The summed E-state index contributed by atoms with van der Waals surface area (Å²) in [6.07, 6.45) is 0. The molecule has 0 spiro atoms. The Morgan fingerprint density at radius 1 is 1.25 bits per heavy atom. The van der Waals surface area contributed by atoms with E-state index in [0.717, 1.165) is 24.2 Å². The molecule has 1 aliphatic heterocycles. The van der Waals surface area contributed by atoms with Gasteiger partial charge in [0, 0.05) is 30.7 Å². The normalized spacial score (nSPS) is 15.8. The van der Waals surface area contributed by atoms with Gasteiger partial charge in [0.25, 0.3) is 11.6 Å². The number of nitrogens with one attached hydrogen (secondary N) is 1. The number of carbonyl (C=O) groups is 1. The fourth-order valence-corrected chi connectivity index (χ4v) is 3.33. The minimum Gasteiger partial charge on any atom is -0.379 e. The molecule has 1 fully saturated rings. The van der Waals surface area contributed by atoms with Crippen molar-refractivity contribution in [1.29, 1.82) is 0 Å². The lowest BCUT2D eigenvalue weighted by Crippen LogP contribution is -2.43. The highest BCUT2D eigenvalue weighted by molar-refractivity contribution is 6.31. The number of aryl methyl sites for hydroxylation is 1. The third-order valence-corrected chi connectivity index (χ3v) is 4.97. The van der Waals surface area contributed by atoms with Gasteiger partial charge in [-0.2, -0.15) is 0 Å². The Balaban J connectivity index is 1.85. The first-order valence-corrected chi connectivity index (χ1v) is 9.43. The highest BCUT2D eigenvalue weighted by Gasteiger charge is 2.25. The third-order valence-electron chi connectivity index (χ3n) is 4.73. The van der Waals surface area contributed by atoms with E-state index in [1.54, 1.807) is 0 Å². The Hall–Kier alpha value is -2.48. The standard InChI is InChI=1S/C20H22ClN3O4/c1-14-2-4-15(5-3-14)18(13-23-8-10-28-11-9-23)22-20(25)17-7-6-16(21)12-19(17)24(26)27/h2-7,12,18H,8-11,13H2,1H3,(H,22,25). The number of halogens is 1. The van der Waals surface area contributed by atoms with Crippen molar-refractivity contribution in [2.45, 2.75) is 13.0 Å². The maximum Gasteiger partial charge on any atom is 0.283 e. The predicted octanol–water partition coefficient (Wildman–Crippen LogP) is 3.36. The second-order valence-corrected chi connectivity index (χ2v) is 7.20. The molecule has 8 heteroatoms. The van der Waals surface area contributed by atoms with E-state index in [0.29, 0.717) is 19.8 Å². The van der Waals surface area contributed by atoms with Gasteiger partial charge >= 0.3 is 0 Å². The molecule has 7 nitrogen and oxygen atoms in total. The second kappa shape index (κ2) is 9.14. The van der Waals surface area contributed by atoms with Crippen molar-refractivity contribution in [3.63, 3.8) is 0 Å². The molecule has 2 aromatic carbocycles. The number of nitro groups is 1. The van der Waals surface area contributed by atoms with E-state index < -0.39 is 10.8 Å². The van der Waals surface area contributed by atoms with Gasteiger partial charge in [-0.05, 0) is 24.6 Å². The zero-order valence-electron chi connectivity index (χ0n) is 15.6. The fraction of sp³-hybridized carbons (Fsp3) is 0.350. The maximum absolute atomic E-state index is 12.9. The molecule has 3 rings (SSSR count). The van der Waals surface area contributed by atoms with Crippen LogP contribution < -0.4 is 5.32 Å². The van der Waals surface area contributed by atoms with Gasteiger partial charge in [-0.1, -0.05) is 41.4 Å². The van der Waals surface area contributed by atoms with Crippen LogP contribution in [0.4, 0.5) is 5.69 Å². The monoisotopic (exact) mass is 403 g/mol. The summed E-state index contributed by atoms with van der Waals surface area (Å²) in [7, 11) is 0. The summed E-state index contributed by atoms with van der Waals surface area (Å²) in [4.78, 5) is 25.8. The number of amides is 1. The molecule has 1 unspecified atom stereocenters. The molecule has 2 aromatic rings. The molecule has 0 radical (unpaired) electrons. The Bertz CT molecular complexity index is 851. The molecule has 1 heterocycles. The Labute approximate surface area is 168 Å². The second-order valence-electron chi connectivity index (χ2n) is 6.77. The summed E-state index contributed by atoms with van der Waals surface area (Å²) in [6, 6.07) is 11.7. The van der Waals surface area contributed by atoms with E-state index in [4.69, 9.17) is 16.3 Å². The molecule has 1 N–H and O–H groups in total. The Morgan fingerprint density at radius 3 is 2.57 bits per heavy atom. The van der Waals surface area contributed by atoms with Crippen molar-refractivity contribution in [3.05, 3.63) is 74.3 Å². The molecule has 148 valence electrons. The van der Waals surface area contributed by atoms with E-state index in [9.17, 15) is 14.9 Å². The van der Waals surface area contributed by atoms with Crippen LogP contribution in [0.1, 0.15) is 27.5 Å². The summed E-state index contributed by atoms with van der Waals surface area (Å²) in [6.45, 7) is 5.45. The summed E-state index contributed by atoms with van der Waals surface area (Å²) in [5.74, 6) is -0.498. The van der Waals surface area contributed by atoms with E-state index in [-0.39, 0.29) is 22.3 Å².